The van der Waals surface area contributed by atoms with Gasteiger partial charge in [0, 0.05) is 4.88 Å². The van der Waals surface area contributed by atoms with Crippen molar-refractivity contribution in [1.29, 1.82) is 0 Å². The van der Waals surface area contributed by atoms with Crippen molar-refractivity contribution in [2.75, 3.05) is 0 Å². The molecule has 0 radical (unpaired) electrons. The SMILES string of the molecule is CCCC(NC(=O)c1cc(C)c(Br)s1)c1cccs1. The molecular weight excluding hydrogens is 342 g/mol. The zero-order chi connectivity index (χ0) is 13.8. The van der Waals surface area contributed by atoms with E-state index < -0.39 is 0 Å². The standard InChI is InChI=1S/C14H16BrNOS2/c1-3-5-10(11-6-4-7-18-11)16-14(17)12-8-9(2)13(15)19-12/h4,6-8,10H,3,5H2,1-2H3,(H,16,17). The van der Waals surface area contributed by atoms with Crippen LogP contribution in [0.5, 0.6) is 0 Å². The topological polar surface area (TPSA) is 29.1 Å². The van der Waals surface area contributed by atoms with Gasteiger partial charge in [-0.15, -0.1) is 22.7 Å². The number of rotatable bonds is 5. The van der Waals surface area contributed by atoms with Crippen molar-refractivity contribution < 1.29 is 4.79 Å². The minimum atomic E-state index is 0.0191. The van der Waals surface area contributed by atoms with E-state index in [-0.39, 0.29) is 11.9 Å². The Hall–Kier alpha value is -0.650. The lowest BCUT2D eigenvalue weighted by Crippen LogP contribution is -2.27. The van der Waals surface area contributed by atoms with E-state index >= 15 is 0 Å². The second-order valence-corrected chi connectivity index (χ2v) is 7.75. The average Bonchev–Trinajstić information content (AvgIpc) is 3.00. The van der Waals surface area contributed by atoms with Gasteiger partial charge in [-0.2, -0.15) is 0 Å². The van der Waals surface area contributed by atoms with Crippen molar-refractivity contribution in [2.45, 2.75) is 32.7 Å². The Morgan fingerprint density at radius 3 is 2.84 bits per heavy atom. The van der Waals surface area contributed by atoms with Crippen LogP contribution < -0.4 is 5.32 Å². The molecule has 0 bridgehead atoms. The van der Waals surface area contributed by atoms with E-state index in [1.54, 1.807) is 11.3 Å². The maximum Gasteiger partial charge on any atom is 0.261 e. The number of amides is 1. The largest absolute Gasteiger partial charge is 0.344 e. The summed E-state index contributed by atoms with van der Waals surface area (Å²) in [6.45, 7) is 4.14. The molecule has 0 spiro atoms. The molecule has 19 heavy (non-hydrogen) atoms. The number of thiophene rings is 2. The molecule has 1 unspecified atom stereocenters. The summed E-state index contributed by atoms with van der Waals surface area (Å²) in [5.74, 6) is 0.0191. The lowest BCUT2D eigenvalue weighted by atomic mass is 10.1. The van der Waals surface area contributed by atoms with E-state index in [1.165, 1.54) is 16.2 Å². The van der Waals surface area contributed by atoms with Crippen molar-refractivity contribution in [3.63, 3.8) is 0 Å². The molecule has 0 aliphatic rings. The summed E-state index contributed by atoms with van der Waals surface area (Å²) in [4.78, 5) is 14.3. The van der Waals surface area contributed by atoms with Gasteiger partial charge < -0.3 is 5.32 Å². The molecule has 2 aromatic heterocycles. The Labute approximate surface area is 130 Å². The highest BCUT2D eigenvalue weighted by Crippen LogP contribution is 2.29. The molecule has 1 atom stereocenters. The molecule has 0 aromatic carbocycles. The molecule has 0 aliphatic heterocycles. The van der Waals surface area contributed by atoms with Crippen LogP contribution in [0.1, 0.15) is 45.9 Å². The fraction of sp³-hybridized carbons (Fsp3) is 0.357. The first kappa shape index (κ1) is 14.8. The van der Waals surface area contributed by atoms with Crippen LogP contribution in [0.2, 0.25) is 0 Å². The van der Waals surface area contributed by atoms with Gasteiger partial charge in [-0.3, -0.25) is 4.79 Å². The number of carbonyl (C=O) groups excluding carboxylic acids is 1. The number of hydrogen-bond donors (Lipinski definition) is 1. The smallest absolute Gasteiger partial charge is 0.261 e. The molecule has 0 saturated heterocycles. The van der Waals surface area contributed by atoms with Gasteiger partial charge in [0.15, 0.2) is 0 Å². The first-order valence-corrected chi connectivity index (χ1v) is 8.71. The third-order valence-corrected chi connectivity index (χ3v) is 5.97. The lowest BCUT2D eigenvalue weighted by Gasteiger charge is -2.16. The number of nitrogens with one attached hydrogen (secondary N) is 1. The van der Waals surface area contributed by atoms with Crippen LogP contribution in [0, 0.1) is 6.92 Å². The molecule has 2 aromatic rings. The van der Waals surface area contributed by atoms with E-state index in [0.717, 1.165) is 27.1 Å². The third-order valence-electron chi connectivity index (χ3n) is 2.85. The van der Waals surface area contributed by atoms with Crippen molar-refractivity contribution >= 4 is 44.5 Å². The summed E-state index contributed by atoms with van der Waals surface area (Å²) in [7, 11) is 0. The number of halogens is 1. The average molecular weight is 358 g/mol. The van der Waals surface area contributed by atoms with Crippen molar-refractivity contribution in [1.82, 2.24) is 5.32 Å². The molecule has 0 fully saturated rings. The minimum Gasteiger partial charge on any atom is -0.344 e. The Morgan fingerprint density at radius 2 is 2.32 bits per heavy atom. The first-order valence-electron chi connectivity index (χ1n) is 6.22. The van der Waals surface area contributed by atoms with E-state index in [2.05, 4.69) is 39.6 Å². The monoisotopic (exact) mass is 357 g/mol. The maximum atomic E-state index is 12.3. The Morgan fingerprint density at radius 1 is 1.53 bits per heavy atom. The summed E-state index contributed by atoms with van der Waals surface area (Å²) in [5.41, 5.74) is 1.11. The molecule has 0 saturated carbocycles. The van der Waals surface area contributed by atoms with Crippen LogP contribution >= 0.6 is 38.6 Å². The zero-order valence-corrected chi connectivity index (χ0v) is 14.1. The molecule has 1 amide bonds. The van der Waals surface area contributed by atoms with Crippen LogP contribution in [-0.2, 0) is 0 Å². The van der Waals surface area contributed by atoms with Crippen molar-refractivity contribution in [3.8, 4) is 0 Å². The Balaban J connectivity index is 2.11. The number of carbonyl (C=O) groups is 1. The lowest BCUT2D eigenvalue weighted by molar-refractivity contribution is 0.0939. The Bertz CT molecular complexity index is 528. The van der Waals surface area contributed by atoms with Gasteiger partial charge in [0.2, 0.25) is 0 Å². The van der Waals surface area contributed by atoms with Gasteiger partial charge in [-0.1, -0.05) is 19.4 Å². The fourth-order valence-corrected chi connectivity index (χ4v) is 4.12. The fourth-order valence-electron chi connectivity index (χ4n) is 1.86. The highest BCUT2D eigenvalue weighted by atomic mass is 79.9. The Kier molecular flexibility index (Phi) is 5.19. The molecule has 2 heterocycles. The number of aryl methyl sites for hydroxylation is 1. The summed E-state index contributed by atoms with van der Waals surface area (Å²) in [6.07, 6.45) is 2.02. The van der Waals surface area contributed by atoms with Gasteiger partial charge >= 0.3 is 0 Å². The van der Waals surface area contributed by atoms with Crippen molar-refractivity contribution in [2.24, 2.45) is 0 Å². The highest BCUT2D eigenvalue weighted by Gasteiger charge is 2.17. The quantitative estimate of drug-likeness (QED) is 0.787. The van der Waals surface area contributed by atoms with Crippen LogP contribution in [0.4, 0.5) is 0 Å². The van der Waals surface area contributed by atoms with E-state index in [9.17, 15) is 4.79 Å². The predicted molar refractivity (Wildman–Crippen MR) is 86.2 cm³/mol. The summed E-state index contributed by atoms with van der Waals surface area (Å²) in [5, 5.41) is 5.19. The van der Waals surface area contributed by atoms with Crippen molar-refractivity contribution in [3.05, 3.63) is 42.7 Å². The summed E-state index contributed by atoms with van der Waals surface area (Å²) in [6, 6.07) is 6.17. The second kappa shape index (κ2) is 6.68. The molecule has 102 valence electrons. The minimum absolute atomic E-state index is 0.0191. The maximum absolute atomic E-state index is 12.3. The van der Waals surface area contributed by atoms with E-state index in [1.807, 2.05) is 19.1 Å². The molecule has 0 aliphatic carbocycles. The van der Waals surface area contributed by atoms with Crippen LogP contribution in [0.3, 0.4) is 0 Å². The molecular formula is C14H16BrNOS2. The second-order valence-electron chi connectivity index (χ2n) is 4.40. The van der Waals surface area contributed by atoms with Gasteiger partial charge in [0.1, 0.15) is 0 Å². The normalized spacial score (nSPS) is 12.4. The first-order chi connectivity index (χ1) is 9.11. The van der Waals surface area contributed by atoms with Gasteiger partial charge in [-0.25, -0.2) is 0 Å². The summed E-state index contributed by atoms with van der Waals surface area (Å²) < 4.78 is 1.03. The van der Waals surface area contributed by atoms with E-state index in [4.69, 9.17) is 0 Å². The number of hydrogen-bond acceptors (Lipinski definition) is 3. The van der Waals surface area contributed by atoms with E-state index in [0.29, 0.717) is 0 Å². The third kappa shape index (κ3) is 3.68. The van der Waals surface area contributed by atoms with Gasteiger partial charge in [-0.05, 0) is 52.4 Å². The van der Waals surface area contributed by atoms with Crippen LogP contribution in [-0.4, -0.2) is 5.91 Å². The predicted octanol–water partition coefficient (Wildman–Crippen LogP) is 5.15. The van der Waals surface area contributed by atoms with Gasteiger partial charge in [0.05, 0.1) is 14.7 Å². The summed E-state index contributed by atoms with van der Waals surface area (Å²) >= 11 is 6.64. The zero-order valence-electron chi connectivity index (χ0n) is 10.9. The molecule has 1 N–H and O–H groups in total. The molecule has 2 nitrogen and oxygen atoms in total. The van der Waals surface area contributed by atoms with Gasteiger partial charge in [0.25, 0.3) is 5.91 Å². The van der Waals surface area contributed by atoms with Crippen LogP contribution in [0.15, 0.2) is 27.4 Å². The highest BCUT2D eigenvalue weighted by molar-refractivity contribution is 9.11. The molecule has 5 heteroatoms. The van der Waals surface area contributed by atoms with Crippen LogP contribution in [0.25, 0.3) is 0 Å². The molecule has 2 rings (SSSR count).